The first-order chi connectivity index (χ1) is 7.02. The van der Waals surface area contributed by atoms with Crippen molar-refractivity contribution in [3.63, 3.8) is 0 Å². The molecule has 1 aromatic heterocycles. The first-order valence-corrected chi connectivity index (χ1v) is 5.87. The first-order valence-electron chi connectivity index (χ1n) is 4.43. The molecule has 0 unspecified atom stereocenters. The molecule has 1 aliphatic rings. The van der Waals surface area contributed by atoms with Crippen molar-refractivity contribution < 1.29 is 8.42 Å². The Labute approximate surface area is 87.5 Å². The topological polar surface area (TPSA) is 84.3 Å². The molecule has 6 nitrogen and oxygen atoms in total. The van der Waals surface area contributed by atoms with Crippen molar-refractivity contribution in [2.24, 2.45) is 4.40 Å². The highest BCUT2D eigenvalue weighted by Crippen LogP contribution is 2.30. The summed E-state index contributed by atoms with van der Waals surface area (Å²) in [5.74, 6) is 0.0987. The van der Waals surface area contributed by atoms with Gasteiger partial charge in [-0.3, -0.25) is 0 Å². The zero-order valence-corrected chi connectivity index (χ0v) is 9.11. The van der Waals surface area contributed by atoms with E-state index in [1.165, 1.54) is 6.20 Å². The standard InChI is InChI=1S/C8H10N4O2S/c1-5(2)7-8-6(3-10-12-7)15(13,14)11-4-9-8/h3-5H,1-2H3,(H,9,11). The molecule has 0 aromatic carbocycles. The second-order valence-electron chi connectivity index (χ2n) is 3.48. The minimum Gasteiger partial charge on any atom is -0.343 e. The number of hydrogen-bond acceptors (Lipinski definition) is 5. The average molecular weight is 226 g/mol. The number of aromatic nitrogens is 2. The number of sulfonamides is 1. The third-order valence-electron chi connectivity index (χ3n) is 2.07. The summed E-state index contributed by atoms with van der Waals surface area (Å²) >= 11 is 0. The summed E-state index contributed by atoms with van der Waals surface area (Å²) in [4.78, 5) is 0.0868. The van der Waals surface area contributed by atoms with Crippen molar-refractivity contribution in [1.29, 1.82) is 0 Å². The first kappa shape index (κ1) is 10.0. The quantitative estimate of drug-likeness (QED) is 0.763. The predicted octanol–water partition coefficient (Wildman–Crippen LogP) is 0.743. The van der Waals surface area contributed by atoms with Crippen LogP contribution in [0.15, 0.2) is 15.5 Å². The van der Waals surface area contributed by atoms with Gasteiger partial charge in [0.05, 0.1) is 17.6 Å². The zero-order valence-electron chi connectivity index (χ0n) is 8.30. The van der Waals surface area contributed by atoms with E-state index in [4.69, 9.17) is 0 Å². The Kier molecular flexibility index (Phi) is 2.18. The van der Waals surface area contributed by atoms with Gasteiger partial charge in [0.25, 0.3) is 10.0 Å². The molecule has 0 fully saturated rings. The normalized spacial score (nSPS) is 17.3. The fourth-order valence-corrected chi connectivity index (χ4v) is 2.25. The van der Waals surface area contributed by atoms with E-state index >= 15 is 0 Å². The van der Waals surface area contributed by atoms with E-state index in [0.29, 0.717) is 11.4 Å². The van der Waals surface area contributed by atoms with E-state index in [9.17, 15) is 8.42 Å². The van der Waals surface area contributed by atoms with E-state index in [1.807, 2.05) is 13.8 Å². The van der Waals surface area contributed by atoms with E-state index in [2.05, 4.69) is 19.9 Å². The fraction of sp³-hybridized carbons (Fsp3) is 0.375. The van der Waals surface area contributed by atoms with Gasteiger partial charge in [0, 0.05) is 0 Å². The summed E-state index contributed by atoms with van der Waals surface area (Å²) in [6, 6.07) is 0. The summed E-state index contributed by atoms with van der Waals surface area (Å²) in [6.07, 6.45) is 2.37. The molecular formula is C8H10N4O2S. The Hall–Kier alpha value is -1.50. The van der Waals surface area contributed by atoms with E-state index in [-0.39, 0.29) is 10.8 Å². The zero-order chi connectivity index (χ0) is 11.1. The summed E-state index contributed by atoms with van der Waals surface area (Å²) in [6.45, 7) is 3.84. The number of anilines is 1. The fourth-order valence-electron chi connectivity index (χ4n) is 1.35. The lowest BCUT2D eigenvalue weighted by Gasteiger charge is -2.15. The molecule has 1 N–H and O–H groups in total. The lowest BCUT2D eigenvalue weighted by atomic mass is 10.1. The van der Waals surface area contributed by atoms with Crippen molar-refractivity contribution in [2.45, 2.75) is 24.7 Å². The summed E-state index contributed by atoms with van der Waals surface area (Å²) in [5, 5.41) is 10.4. The highest BCUT2D eigenvalue weighted by molar-refractivity contribution is 7.90. The molecule has 0 atom stereocenters. The maximum absolute atomic E-state index is 11.5. The van der Waals surface area contributed by atoms with Crippen LogP contribution in [0.4, 0.5) is 5.69 Å². The van der Waals surface area contributed by atoms with Crippen LogP contribution < -0.4 is 5.32 Å². The second-order valence-corrected chi connectivity index (χ2v) is 5.08. The Morgan fingerprint density at radius 3 is 2.80 bits per heavy atom. The molecule has 0 radical (unpaired) electrons. The molecule has 7 heteroatoms. The van der Waals surface area contributed by atoms with Crippen LogP contribution in [0.2, 0.25) is 0 Å². The number of nitrogens with one attached hydrogen (secondary N) is 1. The second kappa shape index (κ2) is 3.27. The molecular weight excluding hydrogens is 216 g/mol. The van der Waals surface area contributed by atoms with Crippen LogP contribution in [0.5, 0.6) is 0 Å². The maximum Gasteiger partial charge on any atom is 0.287 e. The van der Waals surface area contributed by atoms with Gasteiger partial charge >= 0.3 is 0 Å². The lowest BCUT2D eigenvalue weighted by Crippen LogP contribution is -2.15. The van der Waals surface area contributed by atoms with Gasteiger partial charge in [0.2, 0.25) is 0 Å². The average Bonchev–Trinajstić information content (AvgIpc) is 2.16. The van der Waals surface area contributed by atoms with Crippen LogP contribution in [0, 0.1) is 0 Å². The number of nitrogens with zero attached hydrogens (tertiary/aromatic N) is 3. The van der Waals surface area contributed by atoms with Crippen LogP contribution in [-0.2, 0) is 10.0 Å². The van der Waals surface area contributed by atoms with Gasteiger partial charge in [-0.1, -0.05) is 13.8 Å². The van der Waals surface area contributed by atoms with Crippen molar-refractivity contribution in [3.05, 3.63) is 11.9 Å². The number of rotatable bonds is 1. The number of hydrogen-bond donors (Lipinski definition) is 1. The third kappa shape index (κ3) is 1.58. The van der Waals surface area contributed by atoms with E-state index in [0.717, 1.165) is 6.34 Å². The van der Waals surface area contributed by atoms with Gasteiger partial charge in [-0.2, -0.15) is 18.6 Å². The molecule has 1 aromatic rings. The van der Waals surface area contributed by atoms with E-state index in [1.54, 1.807) is 0 Å². The predicted molar refractivity (Wildman–Crippen MR) is 55.4 cm³/mol. The van der Waals surface area contributed by atoms with Gasteiger partial charge in [0.1, 0.15) is 11.2 Å². The number of fused-ring (bicyclic) bond motifs is 1. The highest BCUT2D eigenvalue weighted by atomic mass is 32.2. The minimum absolute atomic E-state index is 0.0868. The van der Waals surface area contributed by atoms with E-state index < -0.39 is 10.0 Å². The van der Waals surface area contributed by atoms with Gasteiger partial charge < -0.3 is 5.32 Å². The summed E-state index contributed by atoms with van der Waals surface area (Å²) in [7, 11) is -3.59. The van der Waals surface area contributed by atoms with Crippen molar-refractivity contribution in [2.75, 3.05) is 5.32 Å². The monoisotopic (exact) mass is 226 g/mol. The Bertz CT molecular complexity index is 521. The molecule has 0 aliphatic carbocycles. The SMILES string of the molecule is CC(C)c1nncc2c1NC=NS2(=O)=O. The smallest absolute Gasteiger partial charge is 0.287 e. The van der Waals surface area contributed by atoms with Gasteiger partial charge in [-0.05, 0) is 5.92 Å². The van der Waals surface area contributed by atoms with Crippen molar-refractivity contribution in [1.82, 2.24) is 10.2 Å². The highest BCUT2D eigenvalue weighted by Gasteiger charge is 2.25. The van der Waals surface area contributed by atoms with Crippen LogP contribution >= 0.6 is 0 Å². The van der Waals surface area contributed by atoms with Crippen LogP contribution in [-0.4, -0.2) is 25.0 Å². The van der Waals surface area contributed by atoms with Crippen LogP contribution in [0.1, 0.15) is 25.5 Å². The summed E-state index contributed by atoms with van der Waals surface area (Å²) < 4.78 is 26.5. The molecule has 2 heterocycles. The Morgan fingerprint density at radius 1 is 1.40 bits per heavy atom. The van der Waals surface area contributed by atoms with Crippen molar-refractivity contribution in [3.8, 4) is 0 Å². The molecule has 0 saturated heterocycles. The van der Waals surface area contributed by atoms with Crippen LogP contribution in [0.25, 0.3) is 0 Å². The minimum atomic E-state index is -3.59. The largest absolute Gasteiger partial charge is 0.343 e. The molecule has 1 aliphatic heterocycles. The van der Waals surface area contributed by atoms with Gasteiger partial charge in [-0.15, -0.1) is 4.40 Å². The van der Waals surface area contributed by atoms with Gasteiger partial charge in [-0.25, -0.2) is 0 Å². The maximum atomic E-state index is 11.5. The summed E-state index contributed by atoms with van der Waals surface area (Å²) in [5.41, 5.74) is 1.11. The third-order valence-corrected chi connectivity index (χ3v) is 3.32. The molecule has 0 saturated carbocycles. The molecule has 15 heavy (non-hydrogen) atoms. The van der Waals surface area contributed by atoms with Gasteiger partial charge in [0.15, 0.2) is 0 Å². The van der Waals surface area contributed by atoms with Crippen LogP contribution in [0.3, 0.4) is 0 Å². The Morgan fingerprint density at radius 2 is 2.13 bits per heavy atom. The molecule has 0 spiro atoms. The molecule has 0 bridgehead atoms. The Balaban J connectivity index is 2.71. The molecule has 2 rings (SSSR count). The lowest BCUT2D eigenvalue weighted by molar-refractivity contribution is 0.596. The molecule has 80 valence electrons. The van der Waals surface area contributed by atoms with Crippen molar-refractivity contribution >= 4 is 22.0 Å². The molecule has 0 amide bonds.